The second-order valence-corrected chi connectivity index (χ2v) is 7.11. The zero-order valence-electron chi connectivity index (χ0n) is 11.3. The van der Waals surface area contributed by atoms with E-state index >= 15 is 0 Å². The normalized spacial score (nSPS) is 23.1. The largest absolute Gasteiger partial charge is 0.388 e. The first-order valence-electron chi connectivity index (χ1n) is 6.16. The van der Waals surface area contributed by atoms with Crippen LogP contribution in [0.1, 0.15) is 15.9 Å². The third-order valence-corrected chi connectivity index (χ3v) is 4.52. The van der Waals surface area contributed by atoms with Gasteiger partial charge in [-0.05, 0) is 24.6 Å². The van der Waals surface area contributed by atoms with E-state index in [0.717, 1.165) is 6.26 Å². The Kier molecular flexibility index (Phi) is 3.86. The van der Waals surface area contributed by atoms with Gasteiger partial charge in [-0.25, -0.2) is 8.42 Å². The number of carbonyl (C=O) groups is 1. The number of aliphatic hydroxyl groups excluding tert-OH is 2. The standard InChI is InChI=1S/C13H17NO5S/c1-8-3-4-9(20(2,18)19)5-10(8)13(17)14-6-11(15)12(16)7-14/h3-5,11-12,15-16H,6-7H2,1-2H3/t11-,12+. The van der Waals surface area contributed by atoms with Crippen LogP contribution < -0.4 is 0 Å². The molecular weight excluding hydrogens is 282 g/mol. The van der Waals surface area contributed by atoms with Gasteiger partial charge in [0.2, 0.25) is 0 Å². The summed E-state index contributed by atoms with van der Waals surface area (Å²) in [4.78, 5) is 13.7. The minimum atomic E-state index is -3.39. The Balaban J connectivity index is 2.35. The fourth-order valence-electron chi connectivity index (χ4n) is 2.17. The van der Waals surface area contributed by atoms with E-state index in [1.807, 2.05) is 0 Å². The first kappa shape index (κ1) is 15.0. The number of nitrogens with zero attached hydrogens (tertiary/aromatic N) is 1. The van der Waals surface area contributed by atoms with Crippen molar-refractivity contribution in [3.8, 4) is 0 Å². The first-order valence-corrected chi connectivity index (χ1v) is 8.05. The van der Waals surface area contributed by atoms with Gasteiger partial charge in [-0.2, -0.15) is 0 Å². The number of benzene rings is 1. The lowest BCUT2D eigenvalue weighted by Gasteiger charge is -2.17. The maximum Gasteiger partial charge on any atom is 0.254 e. The monoisotopic (exact) mass is 299 g/mol. The Morgan fingerprint density at radius 3 is 2.30 bits per heavy atom. The lowest BCUT2D eigenvalue weighted by Crippen LogP contribution is -2.30. The molecule has 2 atom stereocenters. The predicted octanol–water partition coefficient (Wildman–Crippen LogP) is -0.424. The number of likely N-dealkylation sites (tertiary alicyclic amines) is 1. The fraction of sp³-hybridized carbons (Fsp3) is 0.462. The number of hydrogen-bond acceptors (Lipinski definition) is 5. The highest BCUT2D eigenvalue weighted by Crippen LogP contribution is 2.20. The Bertz CT molecular complexity index is 630. The molecule has 1 aromatic rings. The summed E-state index contributed by atoms with van der Waals surface area (Å²) in [5.74, 6) is -0.386. The smallest absolute Gasteiger partial charge is 0.254 e. The van der Waals surface area contributed by atoms with E-state index in [1.54, 1.807) is 13.0 Å². The summed E-state index contributed by atoms with van der Waals surface area (Å²) >= 11 is 0. The van der Waals surface area contributed by atoms with Gasteiger partial charge in [0.05, 0.1) is 17.1 Å². The van der Waals surface area contributed by atoms with Crippen LogP contribution in [0, 0.1) is 6.92 Å². The van der Waals surface area contributed by atoms with Gasteiger partial charge in [-0.3, -0.25) is 4.79 Å². The van der Waals surface area contributed by atoms with Crippen LogP contribution in [0.2, 0.25) is 0 Å². The Hall–Kier alpha value is -1.44. The molecule has 0 spiro atoms. The number of aliphatic hydroxyl groups is 2. The second kappa shape index (κ2) is 5.16. The highest BCUT2D eigenvalue weighted by atomic mass is 32.2. The van der Waals surface area contributed by atoms with Gasteiger partial charge in [-0.1, -0.05) is 6.07 Å². The van der Waals surface area contributed by atoms with Crippen LogP contribution in [0.4, 0.5) is 0 Å². The molecule has 1 amide bonds. The van der Waals surface area contributed by atoms with Gasteiger partial charge in [0.1, 0.15) is 0 Å². The van der Waals surface area contributed by atoms with Crippen molar-refractivity contribution in [1.82, 2.24) is 4.90 Å². The van der Waals surface area contributed by atoms with E-state index < -0.39 is 22.0 Å². The lowest BCUT2D eigenvalue weighted by molar-refractivity contribution is 0.0572. The SMILES string of the molecule is Cc1ccc(S(C)(=O)=O)cc1C(=O)N1C[C@@H](O)[C@@H](O)C1. The zero-order valence-corrected chi connectivity index (χ0v) is 12.1. The maximum absolute atomic E-state index is 12.3. The van der Waals surface area contributed by atoms with Crippen LogP contribution in [-0.4, -0.2) is 61.0 Å². The molecule has 1 heterocycles. The lowest BCUT2D eigenvalue weighted by atomic mass is 10.1. The van der Waals surface area contributed by atoms with Crippen molar-refractivity contribution in [3.63, 3.8) is 0 Å². The number of amides is 1. The summed E-state index contributed by atoms with van der Waals surface area (Å²) in [6, 6.07) is 4.37. The molecule has 1 aliphatic rings. The van der Waals surface area contributed by atoms with Gasteiger partial charge < -0.3 is 15.1 Å². The molecule has 0 bridgehead atoms. The number of aryl methyl sites for hydroxylation is 1. The molecule has 1 aliphatic heterocycles. The number of β-amino-alcohol motifs (C(OH)–C–C–N with tert-alkyl or cyclic N) is 2. The maximum atomic E-state index is 12.3. The van der Waals surface area contributed by atoms with Gasteiger partial charge in [-0.15, -0.1) is 0 Å². The Morgan fingerprint density at radius 1 is 1.25 bits per heavy atom. The van der Waals surface area contributed by atoms with Crippen LogP contribution in [0.5, 0.6) is 0 Å². The topological polar surface area (TPSA) is 94.9 Å². The van der Waals surface area contributed by atoms with Gasteiger partial charge in [0.25, 0.3) is 5.91 Å². The summed E-state index contributed by atoms with van der Waals surface area (Å²) in [6.45, 7) is 1.80. The molecular formula is C13H17NO5S. The highest BCUT2D eigenvalue weighted by molar-refractivity contribution is 7.90. The Morgan fingerprint density at radius 2 is 1.80 bits per heavy atom. The summed E-state index contributed by atoms with van der Waals surface area (Å²) in [7, 11) is -3.39. The summed E-state index contributed by atoms with van der Waals surface area (Å²) < 4.78 is 23.1. The average molecular weight is 299 g/mol. The van der Waals surface area contributed by atoms with Crippen molar-refractivity contribution in [1.29, 1.82) is 0 Å². The molecule has 1 fully saturated rings. The molecule has 1 aromatic carbocycles. The van der Waals surface area contributed by atoms with E-state index in [0.29, 0.717) is 5.56 Å². The molecule has 1 saturated heterocycles. The summed E-state index contributed by atoms with van der Waals surface area (Å²) in [6.07, 6.45) is -0.843. The number of carbonyl (C=O) groups excluding carboxylic acids is 1. The van der Waals surface area contributed by atoms with E-state index in [2.05, 4.69) is 0 Å². The number of sulfone groups is 1. The predicted molar refractivity (Wildman–Crippen MR) is 72.2 cm³/mol. The van der Waals surface area contributed by atoms with Crippen LogP contribution in [0.3, 0.4) is 0 Å². The molecule has 20 heavy (non-hydrogen) atoms. The van der Waals surface area contributed by atoms with Gasteiger partial charge in [0.15, 0.2) is 9.84 Å². The molecule has 6 nitrogen and oxygen atoms in total. The van der Waals surface area contributed by atoms with Crippen LogP contribution in [0.25, 0.3) is 0 Å². The number of hydrogen-bond donors (Lipinski definition) is 2. The van der Waals surface area contributed by atoms with Crippen LogP contribution in [-0.2, 0) is 9.84 Å². The molecule has 0 radical (unpaired) electrons. The molecule has 0 aromatic heterocycles. The van der Waals surface area contributed by atoms with Crippen molar-refractivity contribution >= 4 is 15.7 Å². The van der Waals surface area contributed by atoms with Crippen LogP contribution in [0.15, 0.2) is 23.1 Å². The summed E-state index contributed by atoms with van der Waals surface area (Å²) in [5.41, 5.74) is 0.924. The van der Waals surface area contributed by atoms with E-state index in [4.69, 9.17) is 0 Å². The van der Waals surface area contributed by atoms with Crippen molar-refractivity contribution in [3.05, 3.63) is 29.3 Å². The number of rotatable bonds is 2. The second-order valence-electron chi connectivity index (χ2n) is 5.09. The third-order valence-electron chi connectivity index (χ3n) is 3.41. The van der Waals surface area contributed by atoms with Gasteiger partial charge in [0, 0.05) is 24.9 Å². The molecule has 0 saturated carbocycles. The molecule has 110 valence electrons. The molecule has 2 N–H and O–H groups in total. The third kappa shape index (κ3) is 2.84. The van der Waals surface area contributed by atoms with Gasteiger partial charge >= 0.3 is 0 Å². The molecule has 0 aliphatic carbocycles. The fourth-order valence-corrected chi connectivity index (χ4v) is 2.81. The molecule has 2 rings (SSSR count). The molecule has 0 unspecified atom stereocenters. The van der Waals surface area contributed by atoms with Crippen molar-refractivity contribution in [2.45, 2.75) is 24.0 Å². The highest BCUT2D eigenvalue weighted by Gasteiger charge is 2.33. The average Bonchev–Trinajstić information content (AvgIpc) is 2.68. The first-order chi connectivity index (χ1) is 9.20. The van der Waals surface area contributed by atoms with Crippen molar-refractivity contribution in [2.75, 3.05) is 19.3 Å². The minimum absolute atomic E-state index is 0.0442. The Labute approximate surface area is 117 Å². The van der Waals surface area contributed by atoms with E-state index in [1.165, 1.54) is 17.0 Å². The van der Waals surface area contributed by atoms with E-state index in [9.17, 15) is 23.4 Å². The zero-order chi connectivity index (χ0) is 15.1. The van der Waals surface area contributed by atoms with Crippen molar-refractivity contribution in [2.24, 2.45) is 0 Å². The summed E-state index contributed by atoms with van der Waals surface area (Å²) in [5, 5.41) is 19.0. The van der Waals surface area contributed by atoms with Crippen LogP contribution >= 0.6 is 0 Å². The quantitative estimate of drug-likeness (QED) is 0.773. The van der Waals surface area contributed by atoms with E-state index in [-0.39, 0.29) is 29.5 Å². The minimum Gasteiger partial charge on any atom is -0.388 e. The van der Waals surface area contributed by atoms with Crippen molar-refractivity contribution < 1.29 is 23.4 Å². The molecule has 7 heteroatoms.